The number of nitrogens with two attached hydrogens (primary N) is 1. The van der Waals surface area contributed by atoms with E-state index < -0.39 is 0 Å². The zero-order chi connectivity index (χ0) is 17.7. The van der Waals surface area contributed by atoms with E-state index in [-0.39, 0.29) is 36.3 Å². The number of methoxy groups -OCH3 is 1. The molecule has 2 aromatic rings. The summed E-state index contributed by atoms with van der Waals surface area (Å²) in [6, 6.07) is 17.2. The van der Waals surface area contributed by atoms with Crippen molar-refractivity contribution in [1.29, 1.82) is 0 Å². The Bertz CT molecular complexity index is 661. The lowest BCUT2D eigenvalue weighted by molar-refractivity contribution is -0.136. The number of hydrogen-bond acceptors (Lipinski definition) is 3. The van der Waals surface area contributed by atoms with Crippen molar-refractivity contribution in [3.63, 3.8) is 0 Å². The van der Waals surface area contributed by atoms with Gasteiger partial charge in [-0.2, -0.15) is 0 Å². The fourth-order valence-electron chi connectivity index (χ4n) is 2.74. The normalized spacial score (nSPS) is 14.0. The van der Waals surface area contributed by atoms with Gasteiger partial charge in [0.1, 0.15) is 5.75 Å². The van der Waals surface area contributed by atoms with Gasteiger partial charge < -0.3 is 15.4 Å². The monoisotopic (exact) mass is 362 g/mol. The molecule has 3 atom stereocenters. The number of rotatable bonds is 6. The van der Waals surface area contributed by atoms with Gasteiger partial charge in [0.05, 0.1) is 19.1 Å². The average molecular weight is 363 g/mol. The molecule has 5 heteroatoms. The van der Waals surface area contributed by atoms with Gasteiger partial charge in [0, 0.05) is 13.1 Å². The molecule has 3 unspecified atom stereocenters. The van der Waals surface area contributed by atoms with Crippen LogP contribution in [0.15, 0.2) is 54.6 Å². The molecule has 0 saturated carbocycles. The smallest absolute Gasteiger partial charge is 0.227 e. The Hall–Kier alpha value is -2.04. The molecule has 4 nitrogen and oxygen atoms in total. The lowest BCUT2D eigenvalue weighted by Crippen LogP contribution is -2.38. The molecule has 0 aliphatic rings. The van der Waals surface area contributed by atoms with Crippen molar-refractivity contribution in [2.24, 2.45) is 11.7 Å². The second-order valence-corrected chi connectivity index (χ2v) is 6.12. The zero-order valence-corrected chi connectivity index (χ0v) is 16.0. The van der Waals surface area contributed by atoms with Crippen LogP contribution >= 0.6 is 12.4 Å². The second kappa shape index (κ2) is 9.44. The van der Waals surface area contributed by atoms with E-state index in [1.807, 2.05) is 75.5 Å². The standard InChI is InChI=1S/C20H26N2O2.ClH/c1-14(19(21)17-8-6-5-7-9-17)20(23)22(3)15(2)16-10-12-18(24-4)13-11-16;/h5-15,19H,21H2,1-4H3;1H. The van der Waals surface area contributed by atoms with Gasteiger partial charge in [-0.25, -0.2) is 0 Å². The SMILES string of the molecule is COc1ccc(C(C)N(C)C(=O)C(C)C(N)c2ccccc2)cc1.Cl. The number of carbonyl (C=O) groups excluding carboxylic acids is 1. The number of halogens is 1. The summed E-state index contributed by atoms with van der Waals surface area (Å²) in [6.45, 7) is 3.90. The van der Waals surface area contributed by atoms with E-state index >= 15 is 0 Å². The summed E-state index contributed by atoms with van der Waals surface area (Å²) >= 11 is 0. The van der Waals surface area contributed by atoms with Gasteiger partial charge in [0.15, 0.2) is 0 Å². The van der Waals surface area contributed by atoms with Crippen LogP contribution in [0, 0.1) is 5.92 Å². The molecular weight excluding hydrogens is 336 g/mol. The topological polar surface area (TPSA) is 55.6 Å². The molecule has 0 aromatic heterocycles. The minimum Gasteiger partial charge on any atom is -0.497 e. The van der Waals surface area contributed by atoms with Gasteiger partial charge in [-0.05, 0) is 30.2 Å². The van der Waals surface area contributed by atoms with Crippen molar-refractivity contribution in [1.82, 2.24) is 4.90 Å². The van der Waals surface area contributed by atoms with E-state index in [0.717, 1.165) is 16.9 Å². The molecule has 0 bridgehead atoms. The van der Waals surface area contributed by atoms with Crippen LogP contribution in [0.25, 0.3) is 0 Å². The largest absolute Gasteiger partial charge is 0.497 e. The van der Waals surface area contributed by atoms with Crippen LogP contribution in [0.5, 0.6) is 5.75 Å². The van der Waals surface area contributed by atoms with Crippen molar-refractivity contribution < 1.29 is 9.53 Å². The quantitative estimate of drug-likeness (QED) is 0.845. The number of nitrogens with zero attached hydrogens (tertiary/aromatic N) is 1. The summed E-state index contributed by atoms with van der Waals surface area (Å²) in [5.74, 6) is 0.548. The Morgan fingerprint density at radius 3 is 2.08 bits per heavy atom. The molecule has 0 fully saturated rings. The molecule has 136 valence electrons. The first-order chi connectivity index (χ1) is 11.5. The lowest BCUT2D eigenvalue weighted by atomic mass is 9.93. The molecule has 25 heavy (non-hydrogen) atoms. The molecule has 2 rings (SSSR count). The zero-order valence-electron chi connectivity index (χ0n) is 15.2. The fourth-order valence-corrected chi connectivity index (χ4v) is 2.74. The number of amides is 1. The van der Waals surface area contributed by atoms with E-state index in [1.165, 1.54) is 0 Å². The number of hydrogen-bond donors (Lipinski definition) is 1. The molecule has 0 spiro atoms. The lowest BCUT2D eigenvalue weighted by Gasteiger charge is -2.30. The predicted molar refractivity (Wildman–Crippen MR) is 104 cm³/mol. The third kappa shape index (κ3) is 4.97. The Balaban J connectivity index is 0.00000312. The van der Waals surface area contributed by atoms with E-state index in [2.05, 4.69) is 0 Å². The maximum atomic E-state index is 12.8. The highest BCUT2D eigenvalue weighted by Crippen LogP contribution is 2.26. The van der Waals surface area contributed by atoms with Crippen molar-refractivity contribution >= 4 is 18.3 Å². The average Bonchev–Trinajstić information content (AvgIpc) is 2.65. The van der Waals surface area contributed by atoms with Gasteiger partial charge in [0.2, 0.25) is 5.91 Å². The van der Waals surface area contributed by atoms with Crippen LogP contribution in [-0.4, -0.2) is 25.0 Å². The third-order valence-electron chi connectivity index (χ3n) is 4.64. The van der Waals surface area contributed by atoms with Crippen LogP contribution in [0.2, 0.25) is 0 Å². The van der Waals surface area contributed by atoms with Crippen LogP contribution in [0.4, 0.5) is 0 Å². The summed E-state index contributed by atoms with van der Waals surface area (Å²) < 4.78 is 5.18. The van der Waals surface area contributed by atoms with Crippen molar-refractivity contribution in [2.75, 3.05) is 14.2 Å². The Morgan fingerprint density at radius 1 is 1.00 bits per heavy atom. The molecule has 2 aromatic carbocycles. The molecule has 2 N–H and O–H groups in total. The number of carbonyl (C=O) groups is 1. The Morgan fingerprint density at radius 2 is 1.56 bits per heavy atom. The molecule has 1 amide bonds. The Labute approximate surface area is 156 Å². The van der Waals surface area contributed by atoms with Crippen LogP contribution < -0.4 is 10.5 Å². The second-order valence-electron chi connectivity index (χ2n) is 6.12. The van der Waals surface area contributed by atoms with E-state index in [9.17, 15) is 4.79 Å². The molecule has 0 radical (unpaired) electrons. The van der Waals surface area contributed by atoms with Crippen molar-refractivity contribution in [3.8, 4) is 5.75 Å². The van der Waals surface area contributed by atoms with Crippen LogP contribution in [0.1, 0.15) is 37.1 Å². The van der Waals surface area contributed by atoms with Gasteiger partial charge in [0.25, 0.3) is 0 Å². The van der Waals surface area contributed by atoms with Gasteiger partial charge in [-0.15, -0.1) is 12.4 Å². The highest BCUT2D eigenvalue weighted by atomic mass is 35.5. The first-order valence-corrected chi connectivity index (χ1v) is 8.16. The summed E-state index contributed by atoms with van der Waals surface area (Å²) in [4.78, 5) is 14.6. The minimum absolute atomic E-state index is 0. The molecule has 0 heterocycles. The highest BCUT2D eigenvalue weighted by Gasteiger charge is 2.27. The van der Waals surface area contributed by atoms with E-state index in [0.29, 0.717) is 0 Å². The number of ether oxygens (including phenoxy) is 1. The van der Waals surface area contributed by atoms with E-state index in [4.69, 9.17) is 10.5 Å². The first kappa shape index (κ1) is 21.0. The van der Waals surface area contributed by atoms with Crippen molar-refractivity contribution in [2.45, 2.75) is 25.9 Å². The van der Waals surface area contributed by atoms with Gasteiger partial charge >= 0.3 is 0 Å². The summed E-state index contributed by atoms with van der Waals surface area (Å²) in [5.41, 5.74) is 8.33. The van der Waals surface area contributed by atoms with E-state index in [1.54, 1.807) is 12.0 Å². The molecular formula is C20H27ClN2O2. The highest BCUT2D eigenvalue weighted by molar-refractivity contribution is 5.85. The van der Waals surface area contributed by atoms with Gasteiger partial charge in [-0.3, -0.25) is 4.79 Å². The predicted octanol–water partition coefficient (Wildman–Crippen LogP) is 3.97. The molecule has 0 saturated heterocycles. The summed E-state index contributed by atoms with van der Waals surface area (Å²) in [5, 5.41) is 0. The summed E-state index contributed by atoms with van der Waals surface area (Å²) in [6.07, 6.45) is 0. The Kier molecular flexibility index (Phi) is 7.94. The van der Waals surface area contributed by atoms with Crippen LogP contribution in [-0.2, 0) is 4.79 Å². The van der Waals surface area contributed by atoms with Crippen LogP contribution in [0.3, 0.4) is 0 Å². The molecule has 0 aliphatic heterocycles. The first-order valence-electron chi connectivity index (χ1n) is 8.16. The number of benzene rings is 2. The maximum Gasteiger partial charge on any atom is 0.227 e. The van der Waals surface area contributed by atoms with Gasteiger partial charge in [-0.1, -0.05) is 49.4 Å². The maximum absolute atomic E-state index is 12.8. The third-order valence-corrected chi connectivity index (χ3v) is 4.64. The molecule has 0 aliphatic carbocycles. The minimum atomic E-state index is -0.316. The van der Waals surface area contributed by atoms with Crippen molar-refractivity contribution in [3.05, 3.63) is 65.7 Å². The summed E-state index contributed by atoms with van der Waals surface area (Å²) in [7, 11) is 3.46. The fraction of sp³-hybridized carbons (Fsp3) is 0.350.